The van der Waals surface area contributed by atoms with Crippen molar-refractivity contribution in [3.8, 4) is 0 Å². The maximum absolute atomic E-state index is 5.30. The van der Waals surface area contributed by atoms with Gasteiger partial charge < -0.3 is 4.42 Å². The normalized spacial score (nSPS) is 13.7. The van der Waals surface area contributed by atoms with Gasteiger partial charge >= 0.3 is 0 Å². The van der Waals surface area contributed by atoms with Crippen molar-refractivity contribution >= 4 is 17.3 Å². The average molecular weight is 222 g/mol. The van der Waals surface area contributed by atoms with Crippen LogP contribution in [0.25, 0.3) is 5.57 Å². The zero-order valence-electron chi connectivity index (χ0n) is 9.78. The molecule has 1 aromatic heterocycles. The number of hydrogen-bond donors (Lipinski definition) is 0. The van der Waals surface area contributed by atoms with Crippen molar-refractivity contribution in [3.63, 3.8) is 0 Å². The molecular weight excluding hydrogens is 204 g/mol. The first-order valence-corrected chi connectivity index (χ1v) is 6.23. The van der Waals surface area contributed by atoms with E-state index in [1.54, 1.807) is 6.26 Å². The summed E-state index contributed by atoms with van der Waals surface area (Å²) in [6.07, 6.45) is 10.2. The highest BCUT2D eigenvalue weighted by Crippen LogP contribution is 2.23. The number of furan rings is 1. The van der Waals surface area contributed by atoms with Crippen molar-refractivity contribution < 1.29 is 4.42 Å². The summed E-state index contributed by atoms with van der Waals surface area (Å²) >= 11 is 1.84. The molecule has 1 nitrogen and oxygen atoms in total. The molecule has 82 valence electrons. The number of thioether (sulfide) groups is 1. The van der Waals surface area contributed by atoms with Gasteiger partial charge in [0.25, 0.3) is 0 Å². The first-order chi connectivity index (χ1) is 7.05. The van der Waals surface area contributed by atoms with Crippen LogP contribution in [0.1, 0.15) is 26.5 Å². The van der Waals surface area contributed by atoms with Crippen molar-refractivity contribution in [3.05, 3.63) is 42.4 Å². The average Bonchev–Trinajstić information content (AvgIpc) is 2.70. The fourth-order valence-electron chi connectivity index (χ4n) is 1.08. The first-order valence-electron chi connectivity index (χ1n) is 5.00. The van der Waals surface area contributed by atoms with E-state index in [0.717, 1.165) is 11.3 Å². The van der Waals surface area contributed by atoms with Crippen LogP contribution in [0.5, 0.6) is 0 Å². The van der Waals surface area contributed by atoms with E-state index in [1.807, 2.05) is 23.9 Å². The van der Waals surface area contributed by atoms with E-state index in [2.05, 4.69) is 45.3 Å². The van der Waals surface area contributed by atoms with Gasteiger partial charge in [-0.15, -0.1) is 0 Å². The number of hydrogen-bond acceptors (Lipinski definition) is 2. The van der Waals surface area contributed by atoms with Crippen LogP contribution in [-0.4, -0.2) is 11.0 Å². The highest BCUT2D eigenvalue weighted by Gasteiger charge is 2.09. The molecule has 1 aromatic rings. The van der Waals surface area contributed by atoms with E-state index < -0.39 is 0 Å². The Labute approximate surface area is 96.3 Å². The van der Waals surface area contributed by atoms with Crippen LogP contribution in [0, 0.1) is 0 Å². The van der Waals surface area contributed by atoms with Gasteiger partial charge in [0.1, 0.15) is 5.76 Å². The maximum Gasteiger partial charge on any atom is 0.129 e. The van der Waals surface area contributed by atoms with Crippen molar-refractivity contribution in [1.29, 1.82) is 0 Å². The molecule has 2 heteroatoms. The van der Waals surface area contributed by atoms with Crippen LogP contribution in [-0.2, 0) is 0 Å². The molecule has 1 heterocycles. The van der Waals surface area contributed by atoms with E-state index in [-0.39, 0.29) is 4.75 Å². The molecule has 0 unspecified atom stereocenters. The minimum Gasteiger partial charge on any atom is -0.465 e. The second-order valence-electron chi connectivity index (χ2n) is 3.99. The van der Waals surface area contributed by atoms with E-state index >= 15 is 0 Å². The molecule has 0 saturated carbocycles. The third-order valence-corrected chi connectivity index (χ3v) is 3.47. The van der Waals surface area contributed by atoms with Crippen LogP contribution in [0.15, 0.2) is 41.0 Å². The van der Waals surface area contributed by atoms with Gasteiger partial charge in [0.15, 0.2) is 0 Å². The lowest BCUT2D eigenvalue weighted by Gasteiger charge is -2.15. The molecular formula is C13H18OS. The van der Waals surface area contributed by atoms with Gasteiger partial charge in [-0.2, -0.15) is 11.8 Å². The second-order valence-corrected chi connectivity index (χ2v) is 5.45. The summed E-state index contributed by atoms with van der Waals surface area (Å²) in [6, 6.07) is 3.88. The minimum absolute atomic E-state index is 0.194. The van der Waals surface area contributed by atoms with Crippen molar-refractivity contribution in [2.45, 2.75) is 25.5 Å². The summed E-state index contributed by atoms with van der Waals surface area (Å²) in [6.45, 7) is 6.45. The topological polar surface area (TPSA) is 13.1 Å². The Hall–Kier alpha value is -0.890. The fourth-order valence-corrected chi connectivity index (χ4v) is 1.29. The molecule has 0 fully saturated rings. The van der Waals surface area contributed by atoms with Gasteiger partial charge in [0.2, 0.25) is 0 Å². The van der Waals surface area contributed by atoms with E-state index in [1.165, 1.54) is 0 Å². The predicted molar refractivity (Wildman–Crippen MR) is 69.1 cm³/mol. The summed E-state index contributed by atoms with van der Waals surface area (Å²) < 4.78 is 5.49. The molecule has 1 rings (SSSR count). The van der Waals surface area contributed by atoms with E-state index in [9.17, 15) is 0 Å². The van der Waals surface area contributed by atoms with Crippen LogP contribution < -0.4 is 0 Å². The van der Waals surface area contributed by atoms with Crippen molar-refractivity contribution in [2.75, 3.05) is 6.26 Å². The monoisotopic (exact) mass is 222 g/mol. The Bertz CT molecular complexity index is 345. The van der Waals surface area contributed by atoms with Crippen molar-refractivity contribution in [2.24, 2.45) is 0 Å². The molecule has 0 aliphatic carbocycles. The highest BCUT2D eigenvalue weighted by atomic mass is 32.2. The fraction of sp³-hybridized carbons (Fsp3) is 0.385. The standard InChI is InChI=1S/C13H18OS/c1-11(12-8-6-10-14-12)7-5-9-13(2,3)15-4/h5-10H,1-4H3/b9-5+,11-7+. The third-order valence-electron chi connectivity index (χ3n) is 2.28. The van der Waals surface area contributed by atoms with Crippen LogP contribution in [0.4, 0.5) is 0 Å². The molecule has 0 radical (unpaired) electrons. The summed E-state index contributed by atoms with van der Waals surface area (Å²) in [5.74, 6) is 0.932. The predicted octanol–water partition coefficient (Wildman–Crippen LogP) is 4.38. The smallest absolute Gasteiger partial charge is 0.129 e. The number of rotatable bonds is 4. The molecule has 0 aliphatic rings. The summed E-state index contributed by atoms with van der Waals surface area (Å²) in [5, 5.41) is 0. The molecule has 0 amide bonds. The minimum atomic E-state index is 0.194. The summed E-state index contributed by atoms with van der Waals surface area (Å²) in [4.78, 5) is 0. The SMILES string of the molecule is CSC(C)(C)/C=C/C=C(\C)c1ccco1. The summed E-state index contributed by atoms with van der Waals surface area (Å²) in [5.41, 5.74) is 1.15. The molecule has 0 aromatic carbocycles. The zero-order valence-corrected chi connectivity index (χ0v) is 10.6. The first kappa shape index (κ1) is 12.2. The van der Waals surface area contributed by atoms with Crippen LogP contribution in [0.2, 0.25) is 0 Å². The maximum atomic E-state index is 5.30. The molecule has 0 aliphatic heterocycles. The molecule has 0 bridgehead atoms. The molecule has 15 heavy (non-hydrogen) atoms. The lowest BCUT2D eigenvalue weighted by atomic mass is 10.1. The Kier molecular flexibility index (Phi) is 4.28. The van der Waals surface area contributed by atoms with Crippen molar-refractivity contribution in [1.82, 2.24) is 0 Å². The van der Waals surface area contributed by atoms with E-state index in [4.69, 9.17) is 4.42 Å². The molecule has 0 saturated heterocycles. The number of allylic oxidation sites excluding steroid dienone is 3. The summed E-state index contributed by atoms with van der Waals surface area (Å²) in [7, 11) is 0. The molecule has 0 atom stereocenters. The highest BCUT2D eigenvalue weighted by molar-refractivity contribution is 8.00. The zero-order chi connectivity index (χ0) is 11.3. The Morgan fingerprint density at radius 3 is 2.73 bits per heavy atom. The van der Waals surface area contributed by atoms with Gasteiger partial charge in [-0.1, -0.05) is 18.2 Å². The van der Waals surface area contributed by atoms with Gasteiger partial charge in [0, 0.05) is 4.75 Å². The van der Waals surface area contributed by atoms with Crippen LogP contribution >= 0.6 is 11.8 Å². The van der Waals surface area contributed by atoms with Gasteiger partial charge in [-0.05, 0) is 44.7 Å². The van der Waals surface area contributed by atoms with Gasteiger partial charge in [-0.25, -0.2) is 0 Å². The Morgan fingerprint density at radius 1 is 1.47 bits per heavy atom. The quantitative estimate of drug-likeness (QED) is 0.701. The van der Waals surface area contributed by atoms with Crippen LogP contribution in [0.3, 0.4) is 0 Å². The Balaban J connectivity index is 2.66. The molecule has 0 N–H and O–H groups in total. The second kappa shape index (κ2) is 5.26. The van der Waals surface area contributed by atoms with E-state index in [0.29, 0.717) is 0 Å². The lowest BCUT2D eigenvalue weighted by Crippen LogP contribution is -2.08. The third kappa shape index (κ3) is 4.00. The molecule has 0 spiro atoms. The van der Waals surface area contributed by atoms with Gasteiger partial charge in [0.05, 0.1) is 6.26 Å². The Morgan fingerprint density at radius 2 is 2.20 bits per heavy atom. The lowest BCUT2D eigenvalue weighted by molar-refractivity contribution is 0.553. The van der Waals surface area contributed by atoms with Gasteiger partial charge in [-0.3, -0.25) is 0 Å². The largest absolute Gasteiger partial charge is 0.465 e.